The van der Waals surface area contributed by atoms with Gasteiger partial charge in [-0.25, -0.2) is 4.79 Å². The number of hydrogen-bond donors (Lipinski definition) is 0. The van der Waals surface area contributed by atoms with Crippen molar-refractivity contribution in [2.24, 2.45) is 0 Å². The van der Waals surface area contributed by atoms with Crippen LogP contribution < -0.4 is 0 Å². The zero-order valence-corrected chi connectivity index (χ0v) is 13.5. The second-order valence-corrected chi connectivity index (χ2v) is 6.28. The minimum atomic E-state index is -0.736. The van der Waals surface area contributed by atoms with Gasteiger partial charge in [-0.2, -0.15) is 0 Å². The first kappa shape index (κ1) is 15.7. The zero-order valence-electron chi connectivity index (χ0n) is 13.5. The fourth-order valence-corrected chi connectivity index (χ4v) is 3.98. The van der Waals surface area contributed by atoms with Crippen LogP contribution in [-0.2, 0) is 19.7 Å². The van der Waals surface area contributed by atoms with E-state index in [0.29, 0.717) is 24.8 Å². The van der Waals surface area contributed by atoms with E-state index in [9.17, 15) is 14.4 Å². The standard InChI is InChI=1S/C19H20O4/c1-12-15-7-4-8-17(21)19(15,10-9-16(12)20)14-6-3-5-13(11-14)18(22)23-2/h3,5-6,11H,4,7-10H2,1-2H3/t19-/m1/s1. The highest BCUT2D eigenvalue weighted by molar-refractivity contribution is 6.04. The number of esters is 1. The Kier molecular flexibility index (Phi) is 3.92. The summed E-state index contributed by atoms with van der Waals surface area (Å²) in [5.41, 5.74) is 2.19. The van der Waals surface area contributed by atoms with Crippen molar-refractivity contribution >= 4 is 17.5 Å². The molecule has 2 aliphatic carbocycles. The summed E-state index contributed by atoms with van der Waals surface area (Å²) in [4.78, 5) is 36.8. The van der Waals surface area contributed by atoms with Gasteiger partial charge in [0.1, 0.15) is 5.78 Å². The van der Waals surface area contributed by atoms with Gasteiger partial charge >= 0.3 is 5.97 Å². The molecule has 1 saturated carbocycles. The topological polar surface area (TPSA) is 60.4 Å². The molecule has 120 valence electrons. The third-order valence-electron chi connectivity index (χ3n) is 5.20. The van der Waals surface area contributed by atoms with E-state index in [0.717, 1.165) is 29.6 Å². The monoisotopic (exact) mass is 312 g/mol. The first-order valence-corrected chi connectivity index (χ1v) is 7.96. The number of ketones is 2. The predicted molar refractivity (Wildman–Crippen MR) is 85.3 cm³/mol. The molecule has 0 amide bonds. The Balaban J connectivity index is 2.20. The highest BCUT2D eigenvalue weighted by atomic mass is 16.5. The lowest BCUT2D eigenvalue weighted by molar-refractivity contribution is -0.126. The smallest absolute Gasteiger partial charge is 0.337 e. The van der Waals surface area contributed by atoms with Gasteiger partial charge in [-0.15, -0.1) is 0 Å². The zero-order chi connectivity index (χ0) is 16.6. The van der Waals surface area contributed by atoms with Crippen molar-refractivity contribution in [1.82, 2.24) is 0 Å². The van der Waals surface area contributed by atoms with Crippen molar-refractivity contribution < 1.29 is 19.1 Å². The highest BCUT2D eigenvalue weighted by Gasteiger charge is 2.48. The number of hydrogen-bond acceptors (Lipinski definition) is 4. The Labute approximate surface area is 135 Å². The molecule has 0 radical (unpaired) electrons. The Morgan fingerprint density at radius 3 is 2.70 bits per heavy atom. The SMILES string of the molecule is COC(=O)c1cccc([C@]23CCC(=O)C(C)=C2CCCC3=O)c1. The first-order valence-electron chi connectivity index (χ1n) is 7.96. The van der Waals surface area contributed by atoms with Crippen LogP contribution in [-0.4, -0.2) is 24.6 Å². The van der Waals surface area contributed by atoms with Gasteiger partial charge in [0.25, 0.3) is 0 Å². The molecule has 1 atom stereocenters. The van der Waals surface area contributed by atoms with E-state index in [1.165, 1.54) is 7.11 Å². The third kappa shape index (κ3) is 2.33. The van der Waals surface area contributed by atoms with Crippen LogP contribution in [0.3, 0.4) is 0 Å². The lowest BCUT2D eigenvalue weighted by Crippen LogP contribution is -2.44. The summed E-state index contributed by atoms with van der Waals surface area (Å²) in [6.07, 6.45) is 2.96. The molecule has 0 bridgehead atoms. The van der Waals surface area contributed by atoms with Crippen LogP contribution in [0.2, 0.25) is 0 Å². The summed E-state index contributed by atoms with van der Waals surface area (Å²) in [5, 5.41) is 0. The molecule has 4 nitrogen and oxygen atoms in total. The van der Waals surface area contributed by atoms with Crippen molar-refractivity contribution in [2.45, 2.75) is 44.4 Å². The van der Waals surface area contributed by atoms with E-state index in [2.05, 4.69) is 0 Å². The number of fused-ring (bicyclic) bond motifs is 1. The average molecular weight is 312 g/mol. The largest absolute Gasteiger partial charge is 0.465 e. The van der Waals surface area contributed by atoms with Crippen LogP contribution in [0.4, 0.5) is 0 Å². The number of ether oxygens (including phenoxy) is 1. The van der Waals surface area contributed by atoms with E-state index in [1.807, 2.05) is 13.0 Å². The molecule has 1 aromatic rings. The van der Waals surface area contributed by atoms with Crippen LogP contribution >= 0.6 is 0 Å². The minimum Gasteiger partial charge on any atom is -0.465 e. The third-order valence-corrected chi connectivity index (χ3v) is 5.20. The number of benzene rings is 1. The van der Waals surface area contributed by atoms with Gasteiger partial charge in [-0.05, 0) is 55.0 Å². The lowest BCUT2D eigenvalue weighted by Gasteiger charge is -2.42. The molecule has 23 heavy (non-hydrogen) atoms. The normalized spacial score (nSPS) is 24.4. The van der Waals surface area contributed by atoms with Crippen molar-refractivity contribution in [3.05, 3.63) is 46.5 Å². The van der Waals surface area contributed by atoms with Gasteiger partial charge in [0.05, 0.1) is 18.1 Å². The number of allylic oxidation sites excluding steroid dienone is 2. The Morgan fingerprint density at radius 2 is 1.96 bits per heavy atom. The second-order valence-electron chi connectivity index (χ2n) is 6.28. The summed E-state index contributed by atoms with van der Waals surface area (Å²) in [6.45, 7) is 1.83. The molecule has 0 N–H and O–H groups in total. The fourth-order valence-electron chi connectivity index (χ4n) is 3.98. The van der Waals surface area contributed by atoms with E-state index in [1.54, 1.807) is 18.2 Å². The van der Waals surface area contributed by atoms with E-state index >= 15 is 0 Å². The van der Waals surface area contributed by atoms with Crippen LogP contribution in [0.5, 0.6) is 0 Å². The minimum absolute atomic E-state index is 0.134. The number of rotatable bonds is 2. The number of carbonyl (C=O) groups is 3. The second kappa shape index (κ2) is 5.76. The number of carbonyl (C=O) groups excluding carboxylic acids is 3. The number of Topliss-reactive ketones (excluding diaryl/α,β-unsaturated/α-hetero) is 2. The molecule has 2 aliphatic rings. The van der Waals surface area contributed by atoms with Crippen LogP contribution in [0.1, 0.15) is 54.9 Å². The van der Waals surface area contributed by atoms with Crippen LogP contribution in [0.15, 0.2) is 35.4 Å². The summed E-state index contributed by atoms with van der Waals surface area (Å²) < 4.78 is 4.79. The molecule has 1 aromatic carbocycles. The van der Waals surface area contributed by atoms with Gasteiger partial charge in [-0.1, -0.05) is 12.1 Å². The molecule has 0 saturated heterocycles. The Morgan fingerprint density at radius 1 is 1.17 bits per heavy atom. The molecule has 0 unspecified atom stereocenters. The molecule has 0 spiro atoms. The summed E-state index contributed by atoms with van der Waals surface area (Å²) >= 11 is 0. The summed E-state index contributed by atoms with van der Waals surface area (Å²) in [7, 11) is 1.34. The van der Waals surface area contributed by atoms with Crippen molar-refractivity contribution in [2.75, 3.05) is 7.11 Å². The van der Waals surface area contributed by atoms with Gasteiger partial charge < -0.3 is 4.74 Å². The Bertz CT molecular complexity index is 729. The van der Waals surface area contributed by atoms with E-state index in [-0.39, 0.29) is 11.6 Å². The maximum absolute atomic E-state index is 12.9. The van der Waals surface area contributed by atoms with Crippen LogP contribution in [0.25, 0.3) is 0 Å². The maximum atomic E-state index is 12.9. The summed E-state index contributed by atoms with van der Waals surface area (Å²) in [6, 6.07) is 7.10. The van der Waals surface area contributed by atoms with Crippen molar-refractivity contribution in [3.8, 4) is 0 Å². The lowest BCUT2D eigenvalue weighted by atomic mass is 9.59. The van der Waals surface area contributed by atoms with Crippen LogP contribution in [0, 0.1) is 0 Å². The van der Waals surface area contributed by atoms with Crippen molar-refractivity contribution in [3.63, 3.8) is 0 Å². The molecular formula is C19H20O4. The molecule has 1 fully saturated rings. The molecule has 3 rings (SSSR count). The van der Waals surface area contributed by atoms with Crippen molar-refractivity contribution in [1.29, 1.82) is 0 Å². The van der Waals surface area contributed by atoms with E-state index in [4.69, 9.17) is 4.74 Å². The van der Waals surface area contributed by atoms with Gasteiger partial charge in [0.15, 0.2) is 5.78 Å². The highest BCUT2D eigenvalue weighted by Crippen LogP contribution is 2.48. The molecule has 0 aromatic heterocycles. The molecule has 4 heteroatoms. The molecule has 0 heterocycles. The average Bonchev–Trinajstić information content (AvgIpc) is 2.58. The fraction of sp³-hybridized carbons (Fsp3) is 0.421. The number of methoxy groups -OCH3 is 1. The maximum Gasteiger partial charge on any atom is 0.337 e. The quantitative estimate of drug-likeness (QED) is 0.787. The predicted octanol–water partition coefficient (Wildman–Crippen LogP) is 3.14. The van der Waals surface area contributed by atoms with Gasteiger partial charge in [-0.3, -0.25) is 9.59 Å². The summed E-state index contributed by atoms with van der Waals surface area (Å²) in [5.74, 6) is -0.122. The molecular weight excluding hydrogens is 292 g/mol. The van der Waals surface area contributed by atoms with Gasteiger partial charge in [0.2, 0.25) is 0 Å². The Hall–Kier alpha value is -2.23. The molecule has 0 aliphatic heterocycles. The van der Waals surface area contributed by atoms with E-state index < -0.39 is 11.4 Å². The first-order chi connectivity index (χ1) is 11.0. The van der Waals surface area contributed by atoms with Gasteiger partial charge in [0, 0.05) is 12.8 Å².